The minimum Gasteiger partial charge on any atom is -0.403 e. The molecule has 4 N–H and O–H groups in total. The fraction of sp³-hybridized carbons (Fsp3) is 0.0769. The zero-order chi connectivity index (χ0) is 62.1. The standard InChI is InChI=1S/C17H15N3O2.2C16H12ClN3O2.C16H12FN3O2/c1-11-5-3-7-13(9-11)15(21)18-17-20-19-16(22-17)14-8-4-6-12(2)10-14;1-10-4-2-5-11(8-10)14(21)18-16-20-19-15(22-16)12-6-3-7-13(17)9-12;2*1-10-3-2-4-12(9-10)14(21)18-16-20-19-15(22-16)11-5-7-13(17)8-6-11/h3-10H,1-2H3,(H,18,20,21);3*2-9H,1H3,(H,18,20,21). The molecule has 0 fully saturated rings. The lowest BCUT2D eigenvalue weighted by Crippen LogP contribution is -2.12. The summed E-state index contributed by atoms with van der Waals surface area (Å²) in [5, 5.41) is 42.4. The van der Waals surface area contributed by atoms with Gasteiger partial charge in [0.1, 0.15) is 5.82 Å². The molecule has 0 spiro atoms. The molecule has 4 amide bonds. The van der Waals surface area contributed by atoms with Crippen LogP contribution in [0, 0.1) is 40.4 Å². The topological polar surface area (TPSA) is 272 Å². The van der Waals surface area contributed by atoms with Gasteiger partial charge in [0, 0.05) is 54.6 Å². The van der Waals surface area contributed by atoms with Gasteiger partial charge in [-0.3, -0.25) is 40.4 Å². The first kappa shape index (κ1) is 61.3. The van der Waals surface area contributed by atoms with E-state index < -0.39 is 0 Å². The van der Waals surface area contributed by atoms with Crippen LogP contribution in [0.15, 0.2) is 212 Å². The monoisotopic (exact) mass is 1220 g/mol. The second kappa shape index (κ2) is 29.0. The molecule has 0 unspecified atom stereocenters. The van der Waals surface area contributed by atoms with Crippen molar-refractivity contribution in [2.75, 3.05) is 21.3 Å². The molecule has 8 aromatic carbocycles. The average Bonchev–Trinajstić information content (AvgIpc) is 4.59. The molecule has 4 aromatic heterocycles. The lowest BCUT2D eigenvalue weighted by molar-refractivity contribution is 0.101. The first-order chi connectivity index (χ1) is 42.5. The van der Waals surface area contributed by atoms with E-state index in [-0.39, 0.29) is 59.4 Å². The highest BCUT2D eigenvalue weighted by molar-refractivity contribution is 6.31. The maximum absolute atomic E-state index is 12.9. The van der Waals surface area contributed by atoms with Crippen LogP contribution in [0.25, 0.3) is 45.8 Å². The molecule has 23 heteroatoms. The molecule has 88 heavy (non-hydrogen) atoms. The van der Waals surface area contributed by atoms with Crippen molar-refractivity contribution in [3.8, 4) is 45.8 Å². The SMILES string of the molecule is Cc1cccc(C(=O)Nc2nnc(-c3ccc(Cl)cc3)o2)c1.Cc1cccc(C(=O)Nc2nnc(-c3ccc(F)cc3)o2)c1.Cc1cccc(C(=O)Nc2nnc(-c3cccc(C)c3)o2)c1.Cc1cccc(C(=O)Nc2nnc(-c3cccc(Cl)c3)o2)c1. The minimum atomic E-state index is -0.351. The highest BCUT2D eigenvalue weighted by atomic mass is 35.5. The van der Waals surface area contributed by atoms with Gasteiger partial charge in [-0.05, 0) is 162 Å². The number of nitrogens with one attached hydrogen (secondary N) is 4. The number of rotatable bonds is 12. The first-order valence-electron chi connectivity index (χ1n) is 26.7. The Morgan fingerprint density at radius 2 is 0.602 bits per heavy atom. The van der Waals surface area contributed by atoms with Crippen LogP contribution in [-0.2, 0) is 0 Å². The molecule has 440 valence electrons. The van der Waals surface area contributed by atoms with Crippen LogP contribution in [0.1, 0.15) is 69.2 Å². The van der Waals surface area contributed by atoms with Crippen molar-refractivity contribution < 1.29 is 41.2 Å². The third-order valence-corrected chi connectivity index (χ3v) is 12.7. The van der Waals surface area contributed by atoms with Gasteiger partial charge in [0.2, 0.25) is 23.6 Å². The lowest BCUT2D eigenvalue weighted by atomic mass is 10.1. The van der Waals surface area contributed by atoms with E-state index >= 15 is 0 Å². The van der Waals surface area contributed by atoms with Crippen LogP contribution in [0.4, 0.5) is 28.4 Å². The second-order valence-corrected chi connectivity index (χ2v) is 20.2. The van der Waals surface area contributed by atoms with Crippen molar-refractivity contribution in [1.82, 2.24) is 40.8 Å². The molecule has 4 heterocycles. The summed E-state index contributed by atoms with van der Waals surface area (Å²) in [6.07, 6.45) is 0. The summed E-state index contributed by atoms with van der Waals surface area (Å²) >= 11 is 11.8. The summed E-state index contributed by atoms with van der Waals surface area (Å²) < 4.78 is 34.6. The zero-order valence-electron chi connectivity index (χ0n) is 47.5. The van der Waals surface area contributed by atoms with Gasteiger partial charge in [0.25, 0.3) is 23.6 Å². The molecule has 12 rings (SSSR count). The Morgan fingerprint density at radius 3 is 0.920 bits per heavy atom. The fourth-order valence-corrected chi connectivity index (χ4v) is 8.28. The third kappa shape index (κ3) is 17.4. The van der Waals surface area contributed by atoms with Crippen molar-refractivity contribution >= 4 is 70.9 Å². The summed E-state index contributed by atoms with van der Waals surface area (Å²) in [5.74, 6) is -0.363. The summed E-state index contributed by atoms with van der Waals surface area (Å²) in [4.78, 5) is 48.4. The number of hydrogen-bond acceptors (Lipinski definition) is 16. The summed E-state index contributed by atoms with van der Waals surface area (Å²) in [5.41, 5.74) is 10.0. The molecule has 0 radical (unpaired) electrons. The van der Waals surface area contributed by atoms with Crippen molar-refractivity contribution in [2.45, 2.75) is 34.6 Å². The smallest absolute Gasteiger partial charge is 0.322 e. The number of benzene rings is 8. The first-order valence-corrected chi connectivity index (χ1v) is 27.4. The summed E-state index contributed by atoms with van der Waals surface area (Å²) in [6.45, 7) is 9.65. The van der Waals surface area contributed by atoms with E-state index in [2.05, 4.69) is 62.1 Å². The summed E-state index contributed by atoms with van der Waals surface area (Å²) in [7, 11) is 0. The van der Waals surface area contributed by atoms with Gasteiger partial charge < -0.3 is 17.7 Å². The fourth-order valence-electron chi connectivity index (χ4n) is 7.97. The molecule has 12 aromatic rings. The molecule has 0 saturated heterocycles. The average molecular weight is 1220 g/mol. The number of hydrogen-bond donors (Lipinski definition) is 4. The number of nitrogens with zero attached hydrogens (tertiary/aromatic N) is 8. The van der Waals surface area contributed by atoms with Crippen LogP contribution in [0.3, 0.4) is 0 Å². The maximum atomic E-state index is 12.9. The van der Waals surface area contributed by atoms with Crippen molar-refractivity contribution in [3.63, 3.8) is 0 Å². The number of aryl methyl sites for hydroxylation is 5. The van der Waals surface area contributed by atoms with Gasteiger partial charge in [-0.2, -0.15) is 0 Å². The number of carbonyl (C=O) groups excluding carboxylic acids is 4. The van der Waals surface area contributed by atoms with Crippen molar-refractivity contribution in [1.29, 1.82) is 0 Å². The second-order valence-electron chi connectivity index (χ2n) is 19.3. The molecule has 0 aliphatic rings. The van der Waals surface area contributed by atoms with Crippen LogP contribution in [0.2, 0.25) is 10.0 Å². The van der Waals surface area contributed by atoms with E-state index in [9.17, 15) is 23.6 Å². The van der Waals surface area contributed by atoms with Gasteiger partial charge in [-0.25, -0.2) is 4.39 Å². The van der Waals surface area contributed by atoms with Crippen LogP contribution >= 0.6 is 23.2 Å². The largest absolute Gasteiger partial charge is 0.403 e. The molecule has 0 aliphatic heterocycles. The van der Waals surface area contributed by atoms with E-state index in [0.717, 1.165) is 38.9 Å². The van der Waals surface area contributed by atoms with Gasteiger partial charge in [-0.15, -0.1) is 20.4 Å². The quantitative estimate of drug-likeness (QED) is 0.0885. The normalized spacial score (nSPS) is 10.5. The molecule has 0 bridgehead atoms. The third-order valence-electron chi connectivity index (χ3n) is 12.2. The van der Waals surface area contributed by atoms with Crippen LogP contribution in [-0.4, -0.2) is 64.4 Å². The molecule has 0 saturated carbocycles. The number of aromatic nitrogens is 8. The minimum absolute atomic E-state index is 0.00849. The Balaban J connectivity index is 0.000000140. The Morgan fingerprint density at radius 1 is 0.318 bits per heavy atom. The predicted octanol–water partition coefficient (Wildman–Crippen LogP) is 14.9. The Kier molecular flexibility index (Phi) is 20.2. The van der Waals surface area contributed by atoms with Crippen LogP contribution < -0.4 is 21.3 Å². The van der Waals surface area contributed by atoms with Crippen LogP contribution in [0.5, 0.6) is 0 Å². The summed E-state index contributed by atoms with van der Waals surface area (Å²) in [6, 6.07) is 56.5. The molecule has 0 atom stereocenters. The van der Waals surface area contributed by atoms with Gasteiger partial charge in [0.05, 0.1) is 0 Å². The molecule has 20 nitrogen and oxygen atoms in total. The van der Waals surface area contributed by atoms with E-state index in [1.165, 1.54) is 24.3 Å². The Hall–Kier alpha value is -11.3. The predicted molar refractivity (Wildman–Crippen MR) is 330 cm³/mol. The zero-order valence-corrected chi connectivity index (χ0v) is 49.0. The lowest BCUT2D eigenvalue weighted by Gasteiger charge is -2.01. The number of carbonyl (C=O) groups is 4. The van der Waals surface area contributed by atoms with Crippen molar-refractivity contribution in [2.24, 2.45) is 0 Å². The maximum Gasteiger partial charge on any atom is 0.322 e. The Bertz CT molecular complexity index is 4120. The van der Waals surface area contributed by atoms with E-state index in [1.807, 2.05) is 101 Å². The molecule has 0 aliphatic carbocycles. The van der Waals surface area contributed by atoms with E-state index in [1.54, 1.807) is 103 Å². The number of amides is 4. The van der Waals surface area contributed by atoms with E-state index in [0.29, 0.717) is 61.1 Å². The number of halogens is 3. The molecular weight excluding hydrogens is 1170 g/mol. The van der Waals surface area contributed by atoms with Gasteiger partial charge >= 0.3 is 24.1 Å². The highest BCUT2D eigenvalue weighted by Gasteiger charge is 2.17. The Labute approximate surface area is 512 Å². The molecular formula is C65H51Cl2FN12O8. The van der Waals surface area contributed by atoms with Crippen molar-refractivity contribution in [3.05, 3.63) is 260 Å². The highest BCUT2D eigenvalue weighted by Crippen LogP contribution is 2.26. The van der Waals surface area contributed by atoms with E-state index in [4.69, 9.17) is 40.9 Å². The number of anilines is 4. The van der Waals surface area contributed by atoms with Gasteiger partial charge in [0.15, 0.2) is 0 Å². The van der Waals surface area contributed by atoms with Gasteiger partial charge in [-0.1, -0.05) is 138 Å².